The maximum absolute atomic E-state index is 13.7. The first kappa shape index (κ1) is 12.6. The number of hydrogen-bond donors (Lipinski definition) is 1. The molecule has 0 saturated carbocycles. The Morgan fingerprint density at radius 1 is 1.27 bits per heavy atom. The Morgan fingerprint density at radius 2 is 1.80 bits per heavy atom. The summed E-state index contributed by atoms with van der Waals surface area (Å²) in [5, 5.41) is 0. The van der Waals surface area contributed by atoms with Crippen LogP contribution in [0.15, 0.2) is 16.6 Å². The highest BCUT2D eigenvalue weighted by atomic mass is 79.9. The average molecular weight is 278 g/mol. The minimum atomic E-state index is -0.671. The van der Waals surface area contributed by atoms with E-state index in [2.05, 4.69) is 15.9 Å². The zero-order chi connectivity index (χ0) is 11.8. The van der Waals surface area contributed by atoms with Gasteiger partial charge in [0.2, 0.25) is 0 Å². The van der Waals surface area contributed by atoms with Gasteiger partial charge in [0.15, 0.2) is 0 Å². The van der Waals surface area contributed by atoms with E-state index >= 15 is 0 Å². The van der Waals surface area contributed by atoms with Crippen molar-refractivity contribution in [2.45, 2.75) is 26.8 Å². The maximum atomic E-state index is 13.7. The Kier molecular flexibility index (Phi) is 3.51. The van der Waals surface area contributed by atoms with Crippen LogP contribution in [0, 0.1) is 17.0 Å². The number of halogens is 3. The molecule has 4 heteroatoms. The lowest BCUT2D eigenvalue weighted by molar-refractivity contribution is 0.310. The molecule has 1 rings (SSSR count). The monoisotopic (exact) mass is 277 g/mol. The van der Waals surface area contributed by atoms with Crippen LogP contribution in [-0.4, -0.2) is 0 Å². The zero-order valence-electron chi connectivity index (χ0n) is 8.94. The van der Waals surface area contributed by atoms with Crippen LogP contribution < -0.4 is 5.73 Å². The summed E-state index contributed by atoms with van der Waals surface area (Å²) < 4.78 is 27.4. The first-order chi connectivity index (χ1) is 6.75. The molecule has 0 heterocycles. The first-order valence-electron chi connectivity index (χ1n) is 4.64. The van der Waals surface area contributed by atoms with Crippen LogP contribution in [0.3, 0.4) is 0 Å². The van der Waals surface area contributed by atoms with Crippen molar-refractivity contribution in [3.05, 3.63) is 33.8 Å². The third kappa shape index (κ3) is 2.55. The number of rotatable bonds is 1. The van der Waals surface area contributed by atoms with Crippen LogP contribution in [0.5, 0.6) is 0 Å². The second-order valence-electron chi connectivity index (χ2n) is 4.60. The van der Waals surface area contributed by atoms with E-state index in [0.29, 0.717) is 0 Å². The van der Waals surface area contributed by atoms with Gasteiger partial charge >= 0.3 is 0 Å². The van der Waals surface area contributed by atoms with E-state index in [4.69, 9.17) is 5.73 Å². The fourth-order valence-electron chi connectivity index (χ4n) is 1.26. The molecule has 0 aliphatic heterocycles. The van der Waals surface area contributed by atoms with Crippen LogP contribution in [0.25, 0.3) is 0 Å². The van der Waals surface area contributed by atoms with Crippen LogP contribution >= 0.6 is 15.9 Å². The van der Waals surface area contributed by atoms with Crippen molar-refractivity contribution in [1.29, 1.82) is 0 Å². The third-order valence-corrected chi connectivity index (χ3v) is 2.94. The minimum absolute atomic E-state index is 0.0584. The zero-order valence-corrected chi connectivity index (χ0v) is 10.5. The Labute approximate surface area is 96.8 Å². The first-order valence-corrected chi connectivity index (χ1v) is 5.43. The van der Waals surface area contributed by atoms with Gasteiger partial charge in [-0.15, -0.1) is 0 Å². The van der Waals surface area contributed by atoms with Gasteiger partial charge in [-0.25, -0.2) is 8.78 Å². The highest BCUT2D eigenvalue weighted by molar-refractivity contribution is 9.10. The summed E-state index contributed by atoms with van der Waals surface area (Å²) in [6, 6.07) is 1.88. The molecule has 1 aromatic carbocycles. The molecule has 1 aromatic rings. The highest BCUT2D eigenvalue weighted by Gasteiger charge is 2.28. The van der Waals surface area contributed by atoms with Gasteiger partial charge in [0.1, 0.15) is 11.6 Å². The summed E-state index contributed by atoms with van der Waals surface area (Å²) in [6.07, 6.45) is 0. The number of nitrogens with two attached hydrogens (primary N) is 1. The largest absolute Gasteiger partial charge is 0.323 e. The molecule has 0 aromatic heterocycles. The van der Waals surface area contributed by atoms with Crippen molar-refractivity contribution < 1.29 is 8.78 Å². The van der Waals surface area contributed by atoms with Gasteiger partial charge in [0, 0.05) is 11.6 Å². The number of benzene rings is 1. The summed E-state index contributed by atoms with van der Waals surface area (Å²) in [7, 11) is 0. The molecule has 0 saturated heterocycles. The van der Waals surface area contributed by atoms with E-state index in [9.17, 15) is 8.78 Å². The fourth-order valence-corrected chi connectivity index (χ4v) is 1.61. The van der Waals surface area contributed by atoms with Gasteiger partial charge in [-0.05, 0) is 33.5 Å². The maximum Gasteiger partial charge on any atom is 0.145 e. The van der Waals surface area contributed by atoms with Crippen molar-refractivity contribution >= 4 is 15.9 Å². The molecule has 0 bridgehead atoms. The second-order valence-corrected chi connectivity index (χ2v) is 5.45. The van der Waals surface area contributed by atoms with Crippen molar-refractivity contribution in [3.8, 4) is 0 Å². The van der Waals surface area contributed by atoms with Crippen LogP contribution in [0.2, 0.25) is 0 Å². The van der Waals surface area contributed by atoms with Gasteiger partial charge in [-0.3, -0.25) is 0 Å². The molecule has 0 unspecified atom stereocenters. The fraction of sp³-hybridized carbons (Fsp3) is 0.455. The van der Waals surface area contributed by atoms with E-state index in [1.807, 2.05) is 20.8 Å². The van der Waals surface area contributed by atoms with Crippen LogP contribution in [-0.2, 0) is 0 Å². The quantitative estimate of drug-likeness (QED) is 0.777. The molecular weight excluding hydrogens is 264 g/mol. The van der Waals surface area contributed by atoms with Crippen LogP contribution in [0.4, 0.5) is 8.78 Å². The summed E-state index contributed by atoms with van der Waals surface area (Å²) in [6.45, 7) is 5.53. The molecule has 0 amide bonds. The Morgan fingerprint density at radius 3 is 2.27 bits per heavy atom. The SMILES string of the molecule is CC(C)(C)[C@H](N)c1c(F)ccc(Br)c1F. The van der Waals surface area contributed by atoms with E-state index < -0.39 is 17.7 Å². The predicted molar refractivity (Wildman–Crippen MR) is 60.4 cm³/mol. The second kappa shape index (κ2) is 4.18. The lowest BCUT2D eigenvalue weighted by Crippen LogP contribution is -2.28. The standard InChI is InChI=1S/C11H14BrF2N/c1-11(2,3)10(15)8-7(13)5-4-6(12)9(8)14/h4-5,10H,15H2,1-3H3/t10-/m1/s1. The van der Waals surface area contributed by atoms with Crippen LogP contribution in [0.1, 0.15) is 32.4 Å². The molecule has 15 heavy (non-hydrogen) atoms. The summed E-state index contributed by atoms with van der Waals surface area (Å²) in [5.41, 5.74) is 5.40. The molecule has 0 aliphatic carbocycles. The Bertz CT molecular complexity index is 372. The Balaban J connectivity index is 3.31. The van der Waals surface area contributed by atoms with Gasteiger partial charge in [-0.1, -0.05) is 20.8 Å². The molecule has 2 N–H and O–H groups in total. The molecule has 0 radical (unpaired) electrons. The highest BCUT2D eigenvalue weighted by Crippen LogP contribution is 2.35. The molecule has 1 atom stereocenters. The minimum Gasteiger partial charge on any atom is -0.323 e. The molecule has 0 spiro atoms. The summed E-state index contributed by atoms with van der Waals surface area (Å²) in [5.74, 6) is -1.21. The van der Waals surface area contributed by atoms with E-state index in [1.165, 1.54) is 12.1 Å². The topological polar surface area (TPSA) is 26.0 Å². The summed E-state index contributed by atoms with van der Waals surface area (Å²) in [4.78, 5) is 0. The van der Waals surface area contributed by atoms with Gasteiger partial charge in [0.25, 0.3) is 0 Å². The summed E-state index contributed by atoms with van der Waals surface area (Å²) >= 11 is 3.02. The van der Waals surface area contributed by atoms with Gasteiger partial charge < -0.3 is 5.73 Å². The lowest BCUT2D eigenvalue weighted by atomic mass is 9.82. The van der Waals surface area contributed by atoms with Crippen molar-refractivity contribution in [2.75, 3.05) is 0 Å². The molecular formula is C11H14BrF2N. The van der Waals surface area contributed by atoms with Gasteiger partial charge in [-0.2, -0.15) is 0 Å². The third-order valence-electron chi connectivity index (χ3n) is 2.32. The van der Waals surface area contributed by atoms with Crippen molar-refractivity contribution in [2.24, 2.45) is 11.1 Å². The van der Waals surface area contributed by atoms with Crippen molar-refractivity contribution in [1.82, 2.24) is 0 Å². The molecule has 84 valence electrons. The molecule has 1 nitrogen and oxygen atoms in total. The smallest absolute Gasteiger partial charge is 0.145 e. The predicted octanol–water partition coefficient (Wildman–Crippen LogP) is 3.77. The van der Waals surface area contributed by atoms with E-state index in [-0.39, 0.29) is 15.5 Å². The molecule has 0 aliphatic rings. The van der Waals surface area contributed by atoms with E-state index in [0.717, 1.165) is 0 Å². The molecule has 0 fully saturated rings. The average Bonchev–Trinajstić information content (AvgIpc) is 2.10. The van der Waals surface area contributed by atoms with Crippen molar-refractivity contribution in [3.63, 3.8) is 0 Å². The van der Waals surface area contributed by atoms with Gasteiger partial charge in [0.05, 0.1) is 4.47 Å². The lowest BCUT2D eigenvalue weighted by Gasteiger charge is -2.28. The van der Waals surface area contributed by atoms with E-state index in [1.54, 1.807) is 0 Å². The normalized spacial score (nSPS) is 14.1. The number of hydrogen-bond acceptors (Lipinski definition) is 1. The Hall–Kier alpha value is -0.480.